The number of H-pyrrole nitrogens is 1. The molecule has 2 atom stereocenters. The molecule has 3 rings (SSSR count). The topological polar surface area (TPSA) is 108 Å². The first-order chi connectivity index (χ1) is 13.3. The number of aromatic nitrogens is 2. The van der Waals surface area contributed by atoms with Crippen molar-refractivity contribution in [3.8, 4) is 0 Å². The van der Waals surface area contributed by atoms with Crippen LogP contribution in [-0.2, 0) is 11.2 Å². The summed E-state index contributed by atoms with van der Waals surface area (Å²) in [5.41, 5.74) is 1.05. The van der Waals surface area contributed by atoms with Gasteiger partial charge in [-0.05, 0) is 25.8 Å². The number of carboxylic acid groups (broad SMARTS) is 1. The molecule has 0 spiro atoms. The number of ether oxygens (including phenoxy) is 1. The van der Waals surface area contributed by atoms with Gasteiger partial charge >= 0.3 is 5.97 Å². The van der Waals surface area contributed by atoms with Crippen LogP contribution in [0.3, 0.4) is 0 Å². The number of aromatic carboxylic acids is 1. The Morgan fingerprint density at radius 1 is 1.54 bits per heavy atom. The highest BCUT2D eigenvalue weighted by Crippen LogP contribution is 2.32. The fourth-order valence-corrected chi connectivity index (χ4v) is 4.63. The maximum Gasteiger partial charge on any atom is 0.336 e. The molecule has 1 amide bonds. The predicted octanol–water partition coefficient (Wildman–Crippen LogP) is 2.72. The Morgan fingerprint density at radius 3 is 2.86 bits per heavy atom. The summed E-state index contributed by atoms with van der Waals surface area (Å²) in [7, 11) is 1.61. The molecule has 0 radical (unpaired) electrons. The van der Waals surface area contributed by atoms with Crippen LogP contribution in [0.2, 0.25) is 5.15 Å². The summed E-state index contributed by atoms with van der Waals surface area (Å²) in [5.74, 6) is -1.05. The van der Waals surface area contributed by atoms with E-state index in [1.807, 2.05) is 6.92 Å². The molecule has 1 fully saturated rings. The molecule has 0 aliphatic carbocycles. The number of amides is 1. The van der Waals surface area contributed by atoms with Gasteiger partial charge in [0, 0.05) is 25.1 Å². The van der Waals surface area contributed by atoms with Crippen molar-refractivity contribution in [2.24, 2.45) is 0 Å². The van der Waals surface area contributed by atoms with Gasteiger partial charge in [-0.1, -0.05) is 18.5 Å². The van der Waals surface area contributed by atoms with Crippen molar-refractivity contribution < 1.29 is 19.4 Å². The number of aromatic amines is 1. The maximum absolute atomic E-state index is 12.5. The molecule has 152 valence electrons. The number of thiophene rings is 1. The normalized spacial score (nSPS) is 19.6. The Morgan fingerprint density at radius 2 is 2.29 bits per heavy atom. The van der Waals surface area contributed by atoms with Crippen LogP contribution in [0.15, 0.2) is 6.07 Å². The minimum atomic E-state index is -0.922. The summed E-state index contributed by atoms with van der Waals surface area (Å²) in [4.78, 5) is 33.7. The lowest BCUT2D eigenvalue weighted by Crippen LogP contribution is -2.55. The summed E-state index contributed by atoms with van der Waals surface area (Å²) in [5, 5.41) is 13.4. The second-order valence-corrected chi connectivity index (χ2v) is 8.25. The van der Waals surface area contributed by atoms with E-state index in [9.17, 15) is 14.7 Å². The van der Waals surface area contributed by atoms with Crippen molar-refractivity contribution in [2.45, 2.75) is 38.8 Å². The summed E-state index contributed by atoms with van der Waals surface area (Å²) in [6.45, 7) is 4.97. The van der Waals surface area contributed by atoms with Crippen LogP contribution < -0.4 is 10.2 Å². The van der Waals surface area contributed by atoms with Gasteiger partial charge in [-0.15, -0.1) is 11.3 Å². The number of piperidine rings is 1. The molecule has 0 unspecified atom stereocenters. The van der Waals surface area contributed by atoms with E-state index in [0.29, 0.717) is 36.6 Å². The Balaban J connectivity index is 1.68. The minimum Gasteiger partial charge on any atom is -0.478 e. The van der Waals surface area contributed by atoms with Gasteiger partial charge in [-0.3, -0.25) is 4.79 Å². The molecule has 0 saturated carbocycles. The molecule has 28 heavy (non-hydrogen) atoms. The molecular weight excluding hydrogens is 404 g/mol. The molecule has 2 aromatic heterocycles. The van der Waals surface area contributed by atoms with Crippen LogP contribution in [0, 0.1) is 6.92 Å². The third kappa shape index (κ3) is 4.16. The standard InChI is InChI=1S/C18H23ClN4O4S/c1-4-11-15(19)22-16(20-11)17(24)21-12-5-6-23(8-13(12)27-3)14-7-10(18(25)26)9(2)28-14/h7,12-13H,4-6,8H2,1-3H3,(H,20,22)(H,21,24)(H,25,26)/t12-,13+/m1/s1. The molecule has 1 saturated heterocycles. The van der Waals surface area contributed by atoms with E-state index in [2.05, 4.69) is 20.2 Å². The van der Waals surface area contributed by atoms with Crippen LogP contribution in [0.4, 0.5) is 5.00 Å². The predicted molar refractivity (Wildman–Crippen MR) is 108 cm³/mol. The Kier molecular flexibility index (Phi) is 6.26. The van der Waals surface area contributed by atoms with E-state index in [4.69, 9.17) is 16.3 Å². The van der Waals surface area contributed by atoms with E-state index >= 15 is 0 Å². The van der Waals surface area contributed by atoms with Crippen molar-refractivity contribution in [1.29, 1.82) is 0 Å². The van der Waals surface area contributed by atoms with Gasteiger partial charge in [0.15, 0.2) is 11.0 Å². The monoisotopic (exact) mass is 426 g/mol. The lowest BCUT2D eigenvalue weighted by Gasteiger charge is -2.38. The third-order valence-corrected chi connectivity index (χ3v) is 6.35. The molecule has 10 heteroatoms. The molecule has 2 aromatic rings. The minimum absolute atomic E-state index is 0.178. The first-order valence-corrected chi connectivity index (χ1v) is 10.2. The van der Waals surface area contributed by atoms with Gasteiger partial charge in [0.25, 0.3) is 5.91 Å². The van der Waals surface area contributed by atoms with E-state index < -0.39 is 5.97 Å². The van der Waals surface area contributed by atoms with E-state index in [1.165, 1.54) is 11.3 Å². The van der Waals surface area contributed by atoms with E-state index in [-0.39, 0.29) is 23.9 Å². The molecule has 3 heterocycles. The number of carbonyl (C=O) groups excluding carboxylic acids is 1. The maximum atomic E-state index is 12.5. The lowest BCUT2D eigenvalue weighted by atomic mass is 10.0. The molecule has 3 N–H and O–H groups in total. The van der Waals surface area contributed by atoms with Crippen LogP contribution >= 0.6 is 22.9 Å². The van der Waals surface area contributed by atoms with Crippen molar-refractivity contribution in [3.05, 3.63) is 33.2 Å². The number of carbonyl (C=O) groups is 2. The number of nitrogens with zero attached hydrogens (tertiary/aromatic N) is 2. The lowest BCUT2D eigenvalue weighted by molar-refractivity contribution is 0.0539. The van der Waals surface area contributed by atoms with Gasteiger partial charge in [-0.2, -0.15) is 0 Å². The smallest absolute Gasteiger partial charge is 0.336 e. The van der Waals surface area contributed by atoms with Crippen LogP contribution in [0.1, 0.15) is 44.9 Å². The van der Waals surface area contributed by atoms with Gasteiger partial charge in [0.1, 0.15) is 0 Å². The molecule has 8 nitrogen and oxygen atoms in total. The van der Waals surface area contributed by atoms with Crippen molar-refractivity contribution in [1.82, 2.24) is 15.3 Å². The zero-order chi connectivity index (χ0) is 20.4. The highest BCUT2D eigenvalue weighted by molar-refractivity contribution is 7.16. The SMILES string of the molecule is CCc1[nH]c(C(=O)N[C@@H]2CCN(c3cc(C(=O)O)c(C)s3)C[C@@H]2OC)nc1Cl. The molecule has 0 aromatic carbocycles. The van der Waals surface area contributed by atoms with Gasteiger partial charge in [-0.25, -0.2) is 9.78 Å². The first-order valence-electron chi connectivity index (χ1n) is 9.00. The summed E-state index contributed by atoms with van der Waals surface area (Å²) in [6, 6.07) is 1.52. The highest BCUT2D eigenvalue weighted by Gasteiger charge is 2.32. The molecule has 1 aliphatic rings. The number of nitrogens with one attached hydrogen (secondary N) is 2. The van der Waals surface area contributed by atoms with Crippen LogP contribution in [0.5, 0.6) is 0 Å². The number of anilines is 1. The zero-order valence-electron chi connectivity index (χ0n) is 15.9. The number of hydrogen-bond donors (Lipinski definition) is 3. The van der Waals surface area contributed by atoms with Crippen LogP contribution in [-0.4, -0.2) is 59.3 Å². The Labute approximate surface area is 171 Å². The number of aryl methyl sites for hydroxylation is 2. The first kappa shape index (κ1) is 20.6. The summed E-state index contributed by atoms with van der Waals surface area (Å²) < 4.78 is 5.60. The molecule has 1 aliphatic heterocycles. The summed E-state index contributed by atoms with van der Waals surface area (Å²) >= 11 is 7.47. The average Bonchev–Trinajstić information content (AvgIpc) is 3.24. The van der Waals surface area contributed by atoms with Gasteiger partial charge in [0.05, 0.1) is 28.4 Å². The van der Waals surface area contributed by atoms with Crippen molar-refractivity contribution in [2.75, 3.05) is 25.1 Å². The van der Waals surface area contributed by atoms with Crippen LogP contribution in [0.25, 0.3) is 0 Å². The third-order valence-electron chi connectivity index (χ3n) is 4.92. The largest absolute Gasteiger partial charge is 0.478 e. The van der Waals surface area contributed by atoms with Gasteiger partial charge in [0.2, 0.25) is 0 Å². The zero-order valence-corrected chi connectivity index (χ0v) is 17.5. The number of imidazole rings is 1. The van der Waals surface area contributed by atoms with Crippen molar-refractivity contribution >= 4 is 39.8 Å². The number of carboxylic acids is 1. The average molecular weight is 427 g/mol. The fraction of sp³-hybridized carbons (Fsp3) is 0.500. The number of hydrogen-bond acceptors (Lipinski definition) is 6. The molecular formula is C18H23ClN4O4S. The highest BCUT2D eigenvalue weighted by atomic mass is 35.5. The number of halogens is 1. The summed E-state index contributed by atoms with van der Waals surface area (Å²) in [6.07, 6.45) is 1.10. The number of methoxy groups -OCH3 is 1. The fourth-order valence-electron chi connectivity index (χ4n) is 3.32. The number of rotatable bonds is 6. The molecule has 0 bridgehead atoms. The Hall–Kier alpha value is -2.10. The Bertz CT molecular complexity index is 881. The van der Waals surface area contributed by atoms with E-state index in [0.717, 1.165) is 15.6 Å². The van der Waals surface area contributed by atoms with Crippen molar-refractivity contribution in [3.63, 3.8) is 0 Å². The van der Waals surface area contributed by atoms with E-state index in [1.54, 1.807) is 20.1 Å². The second-order valence-electron chi connectivity index (χ2n) is 6.66. The quantitative estimate of drug-likeness (QED) is 0.655. The second kappa shape index (κ2) is 8.50. The van der Waals surface area contributed by atoms with Gasteiger partial charge < -0.3 is 25.0 Å².